The normalized spacial score (nSPS) is 10.2. The van der Waals surface area contributed by atoms with Crippen LogP contribution in [0.15, 0.2) is 48.5 Å². The van der Waals surface area contributed by atoms with Gasteiger partial charge in [0.2, 0.25) is 0 Å². The Balaban J connectivity index is 0.000000267. The van der Waals surface area contributed by atoms with Gasteiger partial charge < -0.3 is 0 Å². The van der Waals surface area contributed by atoms with Crippen LogP contribution >= 0.6 is 0 Å². The van der Waals surface area contributed by atoms with Gasteiger partial charge in [-0.2, -0.15) is 10.5 Å². The summed E-state index contributed by atoms with van der Waals surface area (Å²) in [7, 11) is 0. The number of carbonyl (C=O) groups excluding carboxylic acids is 1. The van der Waals surface area contributed by atoms with Gasteiger partial charge in [0.25, 0.3) is 0 Å². The zero-order valence-electron chi connectivity index (χ0n) is 9.42. The molecule has 0 radical (unpaired) electrons. The number of fused-ring (bicyclic) bond motifs is 3. The van der Waals surface area contributed by atoms with E-state index in [1.807, 2.05) is 48.5 Å². The molecule has 0 saturated carbocycles. The van der Waals surface area contributed by atoms with Gasteiger partial charge in [-0.15, -0.1) is 0 Å². The highest BCUT2D eigenvalue weighted by molar-refractivity contribution is 6.21. The maximum atomic E-state index is 11.9. The Morgan fingerprint density at radius 1 is 0.667 bits per heavy atom. The number of hydrogen-bond acceptors (Lipinski definition) is 3. The zero-order chi connectivity index (χ0) is 13.0. The molecule has 0 spiro atoms. The molecule has 0 fully saturated rings. The van der Waals surface area contributed by atoms with E-state index in [0.717, 1.165) is 22.3 Å². The fraction of sp³-hybridized carbons (Fsp3) is 0. The summed E-state index contributed by atoms with van der Waals surface area (Å²) in [5.74, 6) is 0.149. The average Bonchev–Trinajstić information content (AvgIpc) is 2.74. The highest BCUT2D eigenvalue weighted by Gasteiger charge is 2.24. The van der Waals surface area contributed by atoms with Crippen molar-refractivity contribution in [3.63, 3.8) is 0 Å². The van der Waals surface area contributed by atoms with E-state index in [9.17, 15) is 4.79 Å². The molecule has 0 bridgehead atoms. The number of benzene rings is 2. The number of hydrogen-bond donors (Lipinski definition) is 0. The van der Waals surface area contributed by atoms with Crippen molar-refractivity contribution in [2.75, 3.05) is 0 Å². The van der Waals surface area contributed by atoms with E-state index in [-0.39, 0.29) is 5.78 Å². The molecule has 0 N–H and O–H groups in total. The monoisotopic (exact) mass is 232 g/mol. The van der Waals surface area contributed by atoms with Crippen molar-refractivity contribution in [3.8, 4) is 23.3 Å². The van der Waals surface area contributed by atoms with Gasteiger partial charge in [-0.05, 0) is 11.1 Å². The van der Waals surface area contributed by atoms with E-state index >= 15 is 0 Å². The highest BCUT2D eigenvalue weighted by atomic mass is 16.1. The lowest BCUT2D eigenvalue weighted by molar-refractivity contribution is 0.104. The summed E-state index contributed by atoms with van der Waals surface area (Å²) in [6.07, 6.45) is 0. The van der Waals surface area contributed by atoms with Crippen molar-refractivity contribution in [2.24, 2.45) is 0 Å². The van der Waals surface area contributed by atoms with Crippen LogP contribution in [0.25, 0.3) is 11.1 Å². The second kappa shape index (κ2) is 4.95. The van der Waals surface area contributed by atoms with E-state index in [2.05, 4.69) is 0 Å². The number of rotatable bonds is 0. The lowest BCUT2D eigenvalue weighted by atomic mass is 10.1. The third-order valence-corrected chi connectivity index (χ3v) is 2.68. The summed E-state index contributed by atoms with van der Waals surface area (Å²) < 4.78 is 0. The maximum Gasteiger partial charge on any atom is 0.194 e. The van der Waals surface area contributed by atoms with Crippen LogP contribution in [0.1, 0.15) is 15.9 Å². The van der Waals surface area contributed by atoms with E-state index in [4.69, 9.17) is 10.5 Å². The van der Waals surface area contributed by atoms with Gasteiger partial charge in [0.05, 0.1) is 0 Å². The van der Waals surface area contributed by atoms with Crippen LogP contribution in [0, 0.1) is 22.7 Å². The number of ketones is 1. The predicted molar refractivity (Wildman–Crippen MR) is 66.5 cm³/mol. The van der Waals surface area contributed by atoms with E-state index in [1.54, 1.807) is 0 Å². The molecule has 0 unspecified atom stereocenters. The minimum absolute atomic E-state index is 0.149. The first-order valence-corrected chi connectivity index (χ1v) is 5.31. The Morgan fingerprint density at radius 3 is 1.33 bits per heavy atom. The summed E-state index contributed by atoms with van der Waals surface area (Å²) in [5, 5.41) is 14.5. The van der Waals surface area contributed by atoms with Gasteiger partial charge in [-0.25, -0.2) is 0 Å². The van der Waals surface area contributed by atoms with Crippen molar-refractivity contribution in [1.29, 1.82) is 10.5 Å². The summed E-state index contributed by atoms with van der Waals surface area (Å²) in [6.45, 7) is 0. The van der Waals surface area contributed by atoms with Crippen LogP contribution in [-0.2, 0) is 0 Å². The molecule has 0 aromatic heterocycles. The Kier molecular flexibility index (Phi) is 3.18. The van der Waals surface area contributed by atoms with Crippen molar-refractivity contribution in [2.45, 2.75) is 0 Å². The molecular weight excluding hydrogens is 224 g/mol. The minimum atomic E-state index is 0.149. The molecule has 84 valence electrons. The third-order valence-electron chi connectivity index (χ3n) is 2.68. The van der Waals surface area contributed by atoms with E-state index in [0.29, 0.717) is 0 Å². The number of nitriles is 2. The molecule has 3 rings (SSSR count). The first-order chi connectivity index (χ1) is 8.79. The lowest BCUT2D eigenvalue weighted by Crippen LogP contribution is -1.93. The molecule has 0 atom stereocenters. The quantitative estimate of drug-likeness (QED) is 0.598. The largest absolute Gasteiger partial charge is 0.289 e. The van der Waals surface area contributed by atoms with Crippen molar-refractivity contribution >= 4 is 5.78 Å². The smallest absolute Gasteiger partial charge is 0.194 e. The Labute approximate surface area is 105 Å². The standard InChI is InChI=1S/C13H8O.C2N2/c14-13-11-7-3-1-5-9(11)10-6-2-4-8-12(10)13;3-1-2-4/h1-8H;. The third kappa shape index (κ3) is 1.86. The van der Waals surface area contributed by atoms with Gasteiger partial charge in [0.1, 0.15) is 0 Å². The average molecular weight is 232 g/mol. The summed E-state index contributed by atoms with van der Waals surface area (Å²) in [6, 6.07) is 18.0. The van der Waals surface area contributed by atoms with Gasteiger partial charge >= 0.3 is 0 Å². The molecule has 0 aliphatic heterocycles. The molecule has 2 aromatic carbocycles. The fourth-order valence-corrected chi connectivity index (χ4v) is 1.98. The number of nitrogens with zero attached hydrogens (tertiary/aromatic N) is 2. The first-order valence-electron chi connectivity index (χ1n) is 5.31. The Morgan fingerprint density at radius 2 is 1.00 bits per heavy atom. The van der Waals surface area contributed by atoms with Crippen LogP contribution in [0.5, 0.6) is 0 Å². The maximum absolute atomic E-state index is 11.9. The molecular formula is C15H8N2O. The first kappa shape index (κ1) is 11.6. The topological polar surface area (TPSA) is 64.7 Å². The predicted octanol–water partition coefficient (Wildman–Crippen LogP) is 2.93. The molecule has 0 amide bonds. The van der Waals surface area contributed by atoms with Crippen LogP contribution in [0.2, 0.25) is 0 Å². The minimum Gasteiger partial charge on any atom is -0.289 e. The number of carbonyl (C=O) groups is 1. The van der Waals surface area contributed by atoms with Crippen LogP contribution in [0.4, 0.5) is 0 Å². The van der Waals surface area contributed by atoms with Crippen molar-refractivity contribution in [3.05, 3.63) is 59.7 Å². The van der Waals surface area contributed by atoms with E-state index < -0.39 is 0 Å². The molecule has 2 aromatic rings. The van der Waals surface area contributed by atoms with Gasteiger partial charge in [-0.3, -0.25) is 4.79 Å². The molecule has 0 heterocycles. The van der Waals surface area contributed by atoms with Crippen LogP contribution in [0.3, 0.4) is 0 Å². The van der Waals surface area contributed by atoms with Crippen molar-refractivity contribution in [1.82, 2.24) is 0 Å². The summed E-state index contributed by atoms with van der Waals surface area (Å²) >= 11 is 0. The molecule has 1 aliphatic rings. The molecule has 3 nitrogen and oxygen atoms in total. The SMILES string of the molecule is N#CC#N.O=C1c2ccccc2-c2ccccc21. The van der Waals surface area contributed by atoms with E-state index in [1.165, 1.54) is 12.1 Å². The van der Waals surface area contributed by atoms with Crippen LogP contribution < -0.4 is 0 Å². The highest BCUT2D eigenvalue weighted by Crippen LogP contribution is 2.35. The Hall–Kier alpha value is -2.91. The second-order valence-corrected chi connectivity index (χ2v) is 3.64. The lowest BCUT2D eigenvalue weighted by Gasteiger charge is -1.96. The van der Waals surface area contributed by atoms with Gasteiger partial charge in [-0.1, -0.05) is 48.5 Å². The van der Waals surface area contributed by atoms with Gasteiger partial charge in [0, 0.05) is 11.1 Å². The van der Waals surface area contributed by atoms with Gasteiger partial charge in [0.15, 0.2) is 17.9 Å². The second-order valence-electron chi connectivity index (χ2n) is 3.64. The molecule has 3 heteroatoms. The summed E-state index contributed by atoms with van der Waals surface area (Å²) in [4.78, 5) is 11.9. The summed E-state index contributed by atoms with van der Waals surface area (Å²) in [5.41, 5.74) is 3.78. The molecule has 18 heavy (non-hydrogen) atoms. The van der Waals surface area contributed by atoms with Crippen molar-refractivity contribution < 1.29 is 4.79 Å². The van der Waals surface area contributed by atoms with Crippen LogP contribution in [-0.4, -0.2) is 5.78 Å². The molecule has 0 saturated heterocycles. The fourth-order valence-electron chi connectivity index (χ4n) is 1.98. The molecule has 1 aliphatic carbocycles. The zero-order valence-corrected chi connectivity index (χ0v) is 9.42. The Bertz CT molecular complexity index is 631.